The van der Waals surface area contributed by atoms with Crippen molar-refractivity contribution in [2.24, 2.45) is 0 Å². The van der Waals surface area contributed by atoms with E-state index in [2.05, 4.69) is 4.98 Å². The Hall–Kier alpha value is -3.25. The van der Waals surface area contributed by atoms with Crippen LogP contribution in [-0.2, 0) is 17.8 Å². The minimum absolute atomic E-state index is 0.127. The van der Waals surface area contributed by atoms with E-state index in [0.29, 0.717) is 23.6 Å². The number of carbonyl (C=O) groups excluding carboxylic acids is 1. The maximum atomic E-state index is 13.2. The molecule has 6 nitrogen and oxygen atoms in total. The molecular weight excluding hydrogens is 366 g/mol. The van der Waals surface area contributed by atoms with E-state index in [0.717, 1.165) is 11.3 Å². The van der Waals surface area contributed by atoms with Crippen molar-refractivity contribution in [1.29, 1.82) is 0 Å². The number of aliphatic hydroxyl groups excluding tert-OH is 1. The molecule has 1 aromatic heterocycles. The van der Waals surface area contributed by atoms with Gasteiger partial charge in [0.25, 0.3) is 5.56 Å². The van der Waals surface area contributed by atoms with Crippen molar-refractivity contribution in [2.75, 3.05) is 18.1 Å². The Bertz CT molecular complexity index is 1030. The Balaban J connectivity index is 2.08. The first-order chi connectivity index (χ1) is 14.1. The van der Waals surface area contributed by atoms with Crippen LogP contribution in [0.5, 0.6) is 0 Å². The van der Waals surface area contributed by atoms with E-state index in [4.69, 9.17) is 0 Å². The summed E-state index contributed by atoms with van der Waals surface area (Å²) in [6.07, 6.45) is 0.205. The Morgan fingerprint density at radius 1 is 1.07 bits per heavy atom. The number of rotatable bonds is 7. The maximum absolute atomic E-state index is 13.2. The molecule has 0 aliphatic heterocycles. The molecule has 0 spiro atoms. The summed E-state index contributed by atoms with van der Waals surface area (Å²) in [5.74, 6) is 0.255. The van der Waals surface area contributed by atoms with Crippen molar-refractivity contribution < 1.29 is 9.90 Å². The molecule has 2 aromatic carbocycles. The molecule has 1 heterocycles. The van der Waals surface area contributed by atoms with Gasteiger partial charge in [-0.1, -0.05) is 48.5 Å². The van der Waals surface area contributed by atoms with Gasteiger partial charge in [-0.2, -0.15) is 0 Å². The van der Waals surface area contributed by atoms with Gasteiger partial charge < -0.3 is 10.0 Å². The Kier molecular flexibility index (Phi) is 6.57. The highest BCUT2D eigenvalue weighted by Gasteiger charge is 2.20. The summed E-state index contributed by atoms with van der Waals surface area (Å²) >= 11 is 0. The fourth-order valence-electron chi connectivity index (χ4n) is 3.39. The van der Waals surface area contributed by atoms with Crippen LogP contribution in [0.2, 0.25) is 0 Å². The summed E-state index contributed by atoms with van der Waals surface area (Å²) in [6, 6.07) is 18.7. The van der Waals surface area contributed by atoms with Gasteiger partial charge in [0.05, 0.1) is 0 Å². The van der Waals surface area contributed by atoms with Crippen molar-refractivity contribution in [3.8, 4) is 11.4 Å². The van der Waals surface area contributed by atoms with Crippen LogP contribution >= 0.6 is 0 Å². The lowest BCUT2D eigenvalue weighted by Gasteiger charge is -2.23. The van der Waals surface area contributed by atoms with Crippen LogP contribution in [0.15, 0.2) is 65.5 Å². The number of aliphatic hydroxyl groups is 1. The highest BCUT2D eigenvalue weighted by Crippen LogP contribution is 2.19. The van der Waals surface area contributed by atoms with Crippen LogP contribution < -0.4 is 10.5 Å². The molecule has 0 fully saturated rings. The molecule has 29 heavy (non-hydrogen) atoms. The van der Waals surface area contributed by atoms with Gasteiger partial charge in [0.15, 0.2) is 0 Å². The van der Waals surface area contributed by atoms with Crippen molar-refractivity contribution in [2.45, 2.75) is 26.8 Å². The first-order valence-electron chi connectivity index (χ1n) is 9.68. The van der Waals surface area contributed by atoms with Crippen LogP contribution in [0.1, 0.15) is 18.2 Å². The van der Waals surface area contributed by atoms with Crippen LogP contribution in [0.4, 0.5) is 5.69 Å². The van der Waals surface area contributed by atoms with E-state index in [1.807, 2.05) is 67.6 Å². The molecule has 6 heteroatoms. The Morgan fingerprint density at radius 3 is 2.28 bits per heavy atom. The predicted octanol–water partition coefficient (Wildman–Crippen LogP) is 2.81. The fourth-order valence-corrected chi connectivity index (χ4v) is 3.39. The molecule has 0 aliphatic carbocycles. The molecule has 0 radical (unpaired) electrons. The number of benzene rings is 2. The summed E-state index contributed by atoms with van der Waals surface area (Å²) in [4.78, 5) is 32.6. The van der Waals surface area contributed by atoms with Gasteiger partial charge in [-0.05, 0) is 26.0 Å². The molecule has 3 aromatic rings. The second kappa shape index (κ2) is 9.30. The third-order valence-electron chi connectivity index (χ3n) is 4.84. The quantitative estimate of drug-likeness (QED) is 0.672. The molecule has 0 unspecified atom stereocenters. The highest BCUT2D eigenvalue weighted by atomic mass is 16.3. The molecular formula is C23H25N3O3. The second-order valence-corrected chi connectivity index (χ2v) is 6.70. The molecule has 1 N–H and O–H groups in total. The van der Waals surface area contributed by atoms with Crippen molar-refractivity contribution in [3.05, 3.63) is 82.3 Å². The first kappa shape index (κ1) is 20.5. The number of nitrogens with zero attached hydrogens (tertiary/aromatic N) is 3. The molecule has 1 amide bonds. The van der Waals surface area contributed by atoms with Crippen LogP contribution in [-0.4, -0.2) is 33.7 Å². The van der Waals surface area contributed by atoms with Crippen LogP contribution in [0.25, 0.3) is 11.4 Å². The predicted molar refractivity (Wildman–Crippen MR) is 114 cm³/mol. The fraction of sp³-hybridized carbons (Fsp3) is 0.261. The van der Waals surface area contributed by atoms with Gasteiger partial charge in [0.1, 0.15) is 12.4 Å². The molecule has 0 saturated heterocycles. The Labute approximate surface area is 170 Å². The topological polar surface area (TPSA) is 75.4 Å². The number of carbonyl (C=O) groups is 1. The second-order valence-electron chi connectivity index (χ2n) is 6.70. The van der Waals surface area contributed by atoms with Crippen molar-refractivity contribution >= 4 is 11.6 Å². The molecule has 0 bridgehead atoms. The SMILES string of the molecule is CCN(C(=O)Cn1c(-c2ccccc2)nc(C)c(CCO)c1=O)c1ccccc1. The van der Waals surface area contributed by atoms with Crippen LogP contribution in [0, 0.1) is 6.92 Å². The van der Waals surface area contributed by atoms with Gasteiger partial charge in [-0.25, -0.2) is 4.98 Å². The van der Waals surface area contributed by atoms with Gasteiger partial charge in [0, 0.05) is 42.1 Å². The first-order valence-corrected chi connectivity index (χ1v) is 9.68. The summed E-state index contributed by atoms with van der Waals surface area (Å²) in [5, 5.41) is 9.35. The van der Waals surface area contributed by atoms with Crippen LogP contribution in [0.3, 0.4) is 0 Å². The third kappa shape index (κ3) is 4.43. The lowest BCUT2D eigenvalue weighted by Crippen LogP contribution is -2.38. The number of aromatic nitrogens is 2. The monoisotopic (exact) mass is 391 g/mol. The maximum Gasteiger partial charge on any atom is 0.257 e. The average Bonchev–Trinajstić information content (AvgIpc) is 2.75. The highest BCUT2D eigenvalue weighted by molar-refractivity contribution is 5.93. The minimum Gasteiger partial charge on any atom is -0.396 e. The number of hydrogen-bond donors (Lipinski definition) is 1. The van der Waals surface area contributed by atoms with Gasteiger partial charge in [-0.3, -0.25) is 14.2 Å². The smallest absolute Gasteiger partial charge is 0.257 e. The number of likely N-dealkylation sites (N-methyl/N-ethyl adjacent to an activating group) is 1. The lowest BCUT2D eigenvalue weighted by molar-refractivity contribution is -0.119. The standard InChI is InChI=1S/C23H25N3O3/c1-3-25(19-12-8-5-9-13-19)21(28)16-26-22(18-10-6-4-7-11-18)24-17(2)20(14-15-27)23(26)29/h4-13,27H,3,14-16H2,1-2H3. The molecule has 0 atom stereocenters. The van der Waals surface area contributed by atoms with Gasteiger partial charge in [0.2, 0.25) is 5.91 Å². The Morgan fingerprint density at radius 2 is 1.69 bits per heavy atom. The third-order valence-corrected chi connectivity index (χ3v) is 4.84. The van der Waals surface area contributed by atoms with Crippen molar-refractivity contribution in [3.63, 3.8) is 0 Å². The van der Waals surface area contributed by atoms with E-state index in [-0.39, 0.29) is 31.0 Å². The summed E-state index contributed by atoms with van der Waals surface area (Å²) in [5.41, 5.74) is 2.26. The minimum atomic E-state index is -0.289. The van der Waals surface area contributed by atoms with E-state index in [9.17, 15) is 14.7 Å². The lowest BCUT2D eigenvalue weighted by atomic mass is 10.1. The number of para-hydroxylation sites is 1. The molecule has 150 valence electrons. The normalized spacial score (nSPS) is 10.7. The zero-order valence-electron chi connectivity index (χ0n) is 16.7. The number of aryl methyl sites for hydroxylation is 1. The summed E-state index contributed by atoms with van der Waals surface area (Å²) < 4.78 is 1.42. The van der Waals surface area contributed by atoms with E-state index < -0.39 is 0 Å². The average molecular weight is 391 g/mol. The molecule has 3 rings (SSSR count). The van der Waals surface area contributed by atoms with E-state index in [1.165, 1.54) is 4.57 Å². The van der Waals surface area contributed by atoms with E-state index in [1.54, 1.807) is 11.8 Å². The number of amides is 1. The summed E-state index contributed by atoms with van der Waals surface area (Å²) in [7, 11) is 0. The van der Waals surface area contributed by atoms with Gasteiger partial charge in [-0.15, -0.1) is 0 Å². The zero-order valence-corrected chi connectivity index (χ0v) is 16.7. The molecule has 0 aliphatic rings. The number of anilines is 1. The van der Waals surface area contributed by atoms with Crippen molar-refractivity contribution in [1.82, 2.24) is 9.55 Å². The van der Waals surface area contributed by atoms with Gasteiger partial charge >= 0.3 is 0 Å². The molecule has 0 saturated carbocycles. The number of hydrogen-bond acceptors (Lipinski definition) is 4. The zero-order chi connectivity index (χ0) is 20.8. The summed E-state index contributed by atoms with van der Waals surface area (Å²) in [6.45, 7) is 3.86. The largest absolute Gasteiger partial charge is 0.396 e. The van der Waals surface area contributed by atoms with E-state index >= 15 is 0 Å².